The second kappa shape index (κ2) is 24.1. The van der Waals surface area contributed by atoms with Gasteiger partial charge < -0.3 is 0 Å². The second-order valence-electron chi connectivity index (χ2n) is 0.253. The summed E-state index contributed by atoms with van der Waals surface area (Å²) >= 11 is 0. The molecule has 0 aromatic heterocycles. The fraction of sp³-hybridized carbons (Fsp3) is 0. The van der Waals surface area contributed by atoms with Crippen LogP contribution >= 0.6 is 57.9 Å². The molecule has 0 fully saturated rings. The predicted octanol–water partition coefficient (Wildman–Crippen LogP) is 1.32. The molecule has 3 nitrogen and oxygen atoms in total. The van der Waals surface area contributed by atoms with Gasteiger partial charge in [0, 0.05) is 0 Å². The number of rotatable bonds is 0. The van der Waals surface area contributed by atoms with Crippen molar-refractivity contribution in [3.63, 3.8) is 0 Å². The molecule has 8 heteroatoms. The molecule has 0 amide bonds. The van der Waals surface area contributed by atoms with Crippen LogP contribution in [0.3, 0.4) is 0 Å². The van der Waals surface area contributed by atoms with Crippen LogP contribution in [0.4, 0.5) is 0 Å². The third-order valence-corrected chi connectivity index (χ3v) is 0. The molecule has 8 heavy (non-hydrogen) atoms. The lowest BCUT2D eigenvalue weighted by atomic mass is 15.8. The van der Waals surface area contributed by atoms with Gasteiger partial charge in [-0.25, -0.2) is 4.57 Å². The van der Waals surface area contributed by atoms with Crippen molar-refractivity contribution < 1.29 is 14.4 Å². The topological polar surface area (TPSA) is 57.5 Å². The molecule has 0 bridgehead atoms. The largest absolute Gasteiger partial charge is 0.363 e. The summed E-state index contributed by atoms with van der Waals surface area (Å²) in [6.45, 7) is 0. The average molecular weight is 227 g/mol. The lowest BCUT2D eigenvalue weighted by Crippen LogP contribution is -1.38. The van der Waals surface area contributed by atoms with Crippen LogP contribution in [0, 0.1) is 0 Å². The third-order valence-electron chi connectivity index (χ3n) is 0. The van der Waals surface area contributed by atoms with Crippen molar-refractivity contribution in [1.82, 2.24) is 0 Å². The van der Waals surface area contributed by atoms with Gasteiger partial charge in [0.05, 0.1) is 0 Å². The van der Waals surface area contributed by atoms with E-state index in [1.54, 1.807) is 0 Å². The molecule has 0 rings (SSSR count). The molecule has 0 unspecified atom stereocenters. The minimum atomic E-state index is -2.87. The Morgan fingerprint density at radius 3 is 0.875 bits per heavy atom. The van der Waals surface area contributed by atoms with Crippen LogP contribution in [0.2, 0.25) is 0 Å². The lowest BCUT2D eigenvalue weighted by molar-refractivity contribution is 0.405. The van der Waals surface area contributed by atoms with Gasteiger partial charge in [-0.1, -0.05) is 0 Å². The quantitative estimate of drug-likeness (QED) is 0.613. The maximum Gasteiger partial charge on any atom is 0.363 e. The SMILES string of the molecule is Cl.Cl.Cl.Cl.O=[P](O)O. The van der Waals surface area contributed by atoms with Gasteiger partial charge in [-0.15, -0.1) is 49.6 Å². The Hall–Kier alpha value is 1.18. The maximum atomic E-state index is 8.70. The minimum absolute atomic E-state index is 0. The summed E-state index contributed by atoms with van der Waals surface area (Å²) in [7, 11) is -2.87. The van der Waals surface area contributed by atoms with Crippen molar-refractivity contribution in [2.75, 3.05) is 0 Å². The van der Waals surface area contributed by atoms with E-state index in [9.17, 15) is 0 Å². The van der Waals surface area contributed by atoms with Gasteiger partial charge in [-0.2, -0.15) is 0 Å². The molecule has 0 aliphatic rings. The van der Waals surface area contributed by atoms with Gasteiger partial charge in [0.25, 0.3) is 0 Å². The van der Waals surface area contributed by atoms with Crippen LogP contribution < -0.4 is 0 Å². The van der Waals surface area contributed by atoms with Crippen LogP contribution in [0.25, 0.3) is 0 Å². The Labute approximate surface area is 72.5 Å². The molecule has 57 valence electrons. The number of halogens is 4. The van der Waals surface area contributed by atoms with Crippen molar-refractivity contribution in [2.24, 2.45) is 0 Å². The summed E-state index contributed by atoms with van der Waals surface area (Å²) < 4.78 is 8.70. The van der Waals surface area contributed by atoms with Crippen molar-refractivity contribution in [3.8, 4) is 0 Å². The van der Waals surface area contributed by atoms with Crippen LogP contribution in [-0.2, 0) is 4.57 Å². The Morgan fingerprint density at radius 1 is 0.875 bits per heavy atom. The second-order valence-corrected chi connectivity index (χ2v) is 0.758. The van der Waals surface area contributed by atoms with Gasteiger partial charge in [-0.05, 0) is 0 Å². The Morgan fingerprint density at radius 2 is 0.875 bits per heavy atom. The molecule has 1 radical (unpaired) electrons. The Kier molecular flexibility index (Phi) is 106. The normalized spacial score (nSPS) is 3.25. The zero-order valence-corrected chi connectivity index (χ0v) is 7.54. The maximum absolute atomic E-state index is 8.70. The van der Waals surface area contributed by atoms with E-state index in [-0.39, 0.29) is 49.6 Å². The van der Waals surface area contributed by atoms with Gasteiger partial charge in [0.1, 0.15) is 0 Å². The Balaban J connectivity index is -0.00000000750. The van der Waals surface area contributed by atoms with E-state index in [0.29, 0.717) is 0 Å². The monoisotopic (exact) mass is 225 g/mol. The fourth-order valence-electron chi connectivity index (χ4n) is 0. The number of hydrogen-bond donors (Lipinski definition) is 2. The van der Waals surface area contributed by atoms with Gasteiger partial charge >= 0.3 is 8.25 Å². The number of hydrogen-bond acceptors (Lipinski definition) is 1. The van der Waals surface area contributed by atoms with E-state index in [1.165, 1.54) is 0 Å². The molecule has 0 aliphatic carbocycles. The van der Waals surface area contributed by atoms with Crippen molar-refractivity contribution in [1.29, 1.82) is 0 Å². The van der Waals surface area contributed by atoms with Crippen molar-refractivity contribution in [3.05, 3.63) is 0 Å². The summed E-state index contributed by atoms with van der Waals surface area (Å²) in [5.74, 6) is 0. The molecule has 0 spiro atoms. The van der Waals surface area contributed by atoms with E-state index < -0.39 is 8.25 Å². The standard InChI is InChI=1S/4ClH.H2O3P/c;;;;1-4(2)3/h4*1H;(H2,1,2,3). The smallest absolute Gasteiger partial charge is 0.298 e. The summed E-state index contributed by atoms with van der Waals surface area (Å²) in [6.07, 6.45) is 0. The van der Waals surface area contributed by atoms with E-state index in [1.807, 2.05) is 0 Å². The molecule has 0 aliphatic heterocycles. The first-order valence-corrected chi connectivity index (χ1v) is 1.75. The summed E-state index contributed by atoms with van der Waals surface area (Å²) in [5, 5.41) is 0. The average Bonchev–Trinajstić information content (AvgIpc) is 0.811. The zero-order valence-electron chi connectivity index (χ0n) is 3.38. The fourth-order valence-corrected chi connectivity index (χ4v) is 0. The first-order valence-electron chi connectivity index (χ1n) is 0.583. The van der Waals surface area contributed by atoms with Crippen molar-refractivity contribution >= 4 is 57.9 Å². The van der Waals surface area contributed by atoms with Crippen LogP contribution in [0.15, 0.2) is 0 Å². The Bertz CT molecular complexity index is 34.3. The van der Waals surface area contributed by atoms with E-state index in [2.05, 4.69) is 0 Å². The highest BCUT2D eigenvalue weighted by atomic mass is 35.5. The van der Waals surface area contributed by atoms with Crippen LogP contribution in [0.1, 0.15) is 0 Å². The zero-order chi connectivity index (χ0) is 3.58. The van der Waals surface area contributed by atoms with Crippen molar-refractivity contribution in [2.45, 2.75) is 0 Å². The molecular weight excluding hydrogens is 221 g/mol. The highest BCUT2D eigenvalue weighted by molar-refractivity contribution is 7.30. The van der Waals surface area contributed by atoms with Crippen LogP contribution in [0.5, 0.6) is 0 Å². The molecule has 0 heterocycles. The summed E-state index contributed by atoms with van der Waals surface area (Å²) in [4.78, 5) is 14.2. The first-order chi connectivity index (χ1) is 1.73. The third kappa shape index (κ3) is 197. The predicted molar refractivity (Wildman–Crippen MR) is 41.0 cm³/mol. The van der Waals surface area contributed by atoms with E-state index in [0.717, 1.165) is 0 Å². The molecule has 2 N–H and O–H groups in total. The van der Waals surface area contributed by atoms with Gasteiger partial charge in [0.15, 0.2) is 0 Å². The lowest BCUT2D eigenvalue weighted by Gasteiger charge is -1.57. The molecule has 0 atom stereocenters. The molecule has 0 aromatic rings. The summed E-state index contributed by atoms with van der Waals surface area (Å²) in [6, 6.07) is 0. The molecular formula is H6Cl4O3P. The van der Waals surface area contributed by atoms with Crippen LogP contribution in [-0.4, -0.2) is 9.79 Å². The highest BCUT2D eigenvalue weighted by Crippen LogP contribution is 1.98. The molecule has 0 aromatic carbocycles. The summed E-state index contributed by atoms with van der Waals surface area (Å²) in [5.41, 5.74) is 0. The van der Waals surface area contributed by atoms with E-state index in [4.69, 9.17) is 14.4 Å². The molecule has 0 saturated carbocycles. The van der Waals surface area contributed by atoms with Gasteiger partial charge in [0.2, 0.25) is 0 Å². The van der Waals surface area contributed by atoms with Gasteiger partial charge in [-0.3, -0.25) is 9.79 Å². The highest BCUT2D eigenvalue weighted by Gasteiger charge is 1.65. The first kappa shape index (κ1) is 35.2. The minimum Gasteiger partial charge on any atom is -0.298 e. The van der Waals surface area contributed by atoms with E-state index >= 15 is 0 Å². The molecule has 0 saturated heterocycles.